The van der Waals surface area contributed by atoms with E-state index in [4.69, 9.17) is 15.0 Å². The van der Waals surface area contributed by atoms with Gasteiger partial charge in [0.25, 0.3) is 5.91 Å². The standard InChI is InChI=1S/C21H22FN3O3/c1-14-11-16(24-28-14)13-25(2)21(26)19-12-18(7-8-20(19)22)27-17-5-3-15(4-6-17)9-10-23/h3-8,11-12H,9-10,13,23H2,1-2H3. The quantitative estimate of drug-likeness (QED) is 0.673. The minimum absolute atomic E-state index is 0.0695. The molecule has 0 aliphatic heterocycles. The van der Waals surface area contributed by atoms with Crippen molar-refractivity contribution in [2.24, 2.45) is 5.73 Å². The average Bonchev–Trinajstić information content (AvgIpc) is 3.09. The van der Waals surface area contributed by atoms with Crippen molar-refractivity contribution in [3.63, 3.8) is 0 Å². The molecule has 3 aromatic rings. The molecule has 28 heavy (non-hydrogen) atoms. The van der Waals surface area contributed by atoms with Crippen LogP contribution < -0.4 is 10.5 Å². The van der Waals surface area contributed by atoms with Crippen molar-refractivity contribution in [3.05, 3.63) is 76.9 Å². The van der Waals surface area contributed by atoms with E-state index in [1.54, 1.807) is 20.0 Å². The number of carbonyl (C=O) groups excluding carboxylic acids is 1. The number of nitrogens with zero attached hydrogens (tertiary/aromatic N) is 2. The van der Waals surface area contributed by atoms with Gasteiger partial charge in [-0.05, 0) is 55.8 Å². The molecule has 0 bridgehead atoms. The van der Waals surface area contributed by atoms with Crippen LogP contribution in [0.3, 0.4) is 0 Å². The van der Waals surface area contributed by atoms with E-state index < -0.39 is 11.7 Å². The summed E-state index contributed by atoms with van der Waals surface area (Å²) in [5.41, 5.74) is 7.18. The van der Waals surface area contributed by atoms with Gasteiger partial charge in [-0.15, -0.1) is 0 Å². The molecule has 0 saturated carbocycles. The third-order valence-electron chi connectivity index (χ3n) is 4.18. The second kappa shape index (κ2) is 8.67. The lowest BCUT2D eigenvalue weighted by Crippen LogP contribution is -2.27. The molecule has 1 heterocycles. The smallest absolute Gasteiger partial charge is 0.257 e. The fourth-order valence-electron chi connectivity index (χ4n) is 2.77. The van der Waals surface area contributed by atoms with E-state index in [0.29, 0.717) is 29.5 Å². The summed E-state index contributed by atoms with van der Waals surface area (Å²) in [5.74, 6) is 0.537. The zero-order valence-corrected chi connectivity index (χ0v) is 15.8. The average molecular weight is 383 g/mol. The Morgan fingerprint density at radius 3 is 2.54 bits per heavy atom. The van der Waals surface area contributed by atoms with Gasteiger partial charge in [-0.3, -0.25) is 4.79 Å². The monoisotopic (exact) mass is 383 g/mol. The van der Waals surface area contributed by atoms with Gasteiger partial charge >= 0.3 is 0 Å². The number of carbonyl (C=O) groups is 1. The van der Waals surface area contributed by atoms with E-state index in [9.17, 15) is 9.18 Å². The number of ether oxygens (including phenoxy) is 1. The summed E-state index contributed by atoms with van der Waals surface area (Å²) in [5, 5.41) is 3.85. The Balaban J connectivity index is 1.73. The van der Waals surface area contributed by atoms with Crippen molar-refractivity contribution >= 4 is 5.91 Å². The molecule has 146 valence electrons. The number of nitrogens with two attached hydrogens (primary N) is 1. The lowest BCUT2D eigenvalue weighted by atomic mass is 10.1. The second-order valence-corrected chi connectivity index (χ2v) is 6.52. The first kappa shape index (κ1) is 19.6. The molecule has 2 aromatic carbocycles. The maximum absolute atomic E-state index is 14.3. The van der Waals surface area contributed by atoms with Gasteiger partial charge in [0.2, 0.25) is 0 Å². The molecular weight excluding hydrogens is 361 g/mol. The molecule has 0 fully saturated rings. The SMILES string of the molecule is Cc1cc(CN(C)C(=O)c2cc(Oc3ccc(CCN)cc3)ccc2F)no1. The van der Waals surface area contributed by atoms with E-state index >= 15 is 0 Å². The molecule has 0 saturated heterocycles. The van der Waals surface area contributed by atoms with Crippen LogP contribution in [0.1, 0.15) is 27.4 Å². The van der Waals surface area contributed by atoms with E-state index in [2.05, 4.69) is 5.16 Å². The Morgan fingerprint density at radius 1 is 1.18 bits per heavy atom. The minimum Gasteiger partial charge on any atom is -0.457 e. The van der Waals surface area contributed by atoms with Gasteiger partial charge in [0, 0.05) is 13.1 Å². The summed E-state index contributed by atoms with van der Waals surface area (Å²) < 4.78 is 25.0. The summed E-state index contributed by atoms with van der Waals surface area (Å²) in [6.07, 6.45) is 0.785. The van der Waals surface area contributed by atoms with Gasteiger partial charge in [-0.25, -0.2) is 4.39 Å². The van der Waals surface area contributed by atoms with Crippen molar-refractivity contribution in [1.82, 2.24) is 10.1 Å². The number of benzene rings is 2. The fourth-order valence-corrected chi connectivity index (χ4v) is 2.77. The first-order valence-corrected chi connectivity index (χ1v) is 8.90. The predicted octanol–water partition coefficient (Wildman–Crippen LogP) is 3.69. The summed E-state index contributed by atoms with van der Waals surface area (Å²) in [4.78, 5) is 14.0. The molecule has 0 atom stereocenters. The third kappa shape index (κ3) is 4.75. The summed E-state index contributed by atoms with van der Waals surface area (Å²) in [7, 11) is 1.58. The van der Waals surface area contributed by atoms with Gasteiger partial charge in [-0.2, -0.15) is 0 Å². The normalized spacial score (nSPS) is 10.7. The lowest BCUT2D eigenvalue weighted by molar-refractivity contribution is 0.0777. The van der Waals surface area contributed by atoms with Crippen LogP contribution >= 0.6 is 0 Å². The van der Waals surface area contributed by atoms with Crippen LogP contribution in [0.2, 0.25) is 0 Å². The van der Waals surface area contributed by atoms with Crippen LogP contribution in [0.5, 0.6) is 11.5 Å². The molecular formula is C21H22FN3O3. The molecule has 3 rings (SSSR count). The Bertz CT molecular complexity index is 954. The highest BCUT2D eigenvalue weighted by Gasteiger charge is 2.19. The highest BCUT2D eigenvalue weighted by atomic mass is 19.1. The van der Waals surface area contributed by atoms with Gasteiger partial charge in [0.15, 0.2) is 0 Å². The van der Waals surface area contributed by atoms with Crippen molar-refractivity contribution in [1.29, 1.82) is 0 Å². The Morgan fingerprint density at radius 2 is 1.89 bits per heavy atom. The number of halogens is 1. The van der Waals surface area contributed by atoms with Crippen molar-refractivity contribution in [3.8, 4) is 11.5 Å². The molecule has 0 aliphatic carbocycles. The maximum Gasteiger partial charge on any atom is 0.257 e. The van der Waals surface area contributed by atoms with Crippen LogP contribution in [-0.4, -0.2) is 29.6 Å². The first-order chi connectivity index (χ1) is 13.5. The number of aromatic nitrogens is 1. The van der Waals surface area contributed by atoms with E-state index in [0.717, 1.165) is 12.0 Å². The van der Waals surface area contributed by atoms with Gasteiger partial charge in [0.05, 0.1) is 12.1 Å². The largest absolute Gasteiger partial charge is 0.457 e. The Hall–Kier alpha value is -3.19. The highest BCUT2D eigenvalue weighted by Crippen LogP contribution is 2.25. The van der Waals surface area contributed by atoms with Crippen molar-refractivity contribution in [2.75, 3.05) is 13.6 Å². The topological polar surface area (TPSA) is 81.6 Å². The molecule has 0 aliphatic rings. The van der Waals surface area contributed by atoms with Crippen molar-refractivity contribution in [2.45, 2.75) is 19.9 Å². The zero-order chi connectivity index (χ0) is 20.1. The first-order valence-electron chi connectivity index (χ1n) is 8.90. The van der Waals surface area contributed by atoms with Crippen LogP contribution in [0.25, 0.3) is 0 Å². The summed E-state index contributed by atoms with van der Waals surface area (Å²) in [6.45, 7) is 2.55. The molecule has 1 aromatic heterocycles. The van der Waals surface area contributed by atoms with Crippen molar-refractivity contribution < 1.29 is 18.4 Å². The van der Waals surface area contributed by atoms with E-state index in [1.165, 1.54) is 23.1 Å². The third-order valence-corrected chi connectivity index (χ3v) is 4.18. The second-order valence-electron chi connectivity index (χ2n) is 6.52. The molecule has 1 amide bonds. The number of aryl methyl sites for hydroxylation is 1. The molecule has 7 heteroatoms. The van der Waals surface area contributed by atoms with E-state index in [1.807, 2.05) is 24.3 Å². The van der Waals surface area contributed by atoms with Crippen LogP contribution in [0.4, 0.5) is 4.39 Å². The van der Waals surface area contributed by atoms with Gasteiger partial charge in [-0.1, -0.05) is 17.3 Å². The Kier molecular flexibility index (Phi) is 6.06. The summed E-state index contributed by atoms with van der Waals surface area (Å²) in [6, 6.07) is 13.3. The number of hydrogen-bond acceptors (Lipinski definition) is 5. The van der Waals surface area contributed by atoms with Crippen LogP contribution in [-0.2, 0) is 13.0 Å². The number of amides is 1. The maximum atomic E-state index is 14.3. The zero-order valence-electron chi connectivity index (χ0n) is 15.8. The molecule has 0 radical (unpaired) electrons. The molecule has 6 nitrogen and oxygen atoms in total. The number of hydrogen-bond donors (Lipinski definition) is 1. The van der Waals surface area contributed by atoms with E-state index in [-0.39, 0.29) is 12.1 Å². The Labute approximate surface area is 162 Å². The molecule has 0 unspecified atom stereocenters. The number of rotatable bonds is 7. The molecule has 0 spiro atoms. The van der Waals surface area contributed by atoms with Crippen LogP contribution in [0.15, 0.2) is 53.1 Å². The lowest BCUT2D eigenvalue weighted by Gasteiger charge is -2.16. The van der Waals surface area contributed by atoms with Gasteiger partial charge < -0.3 is 19.9 Å². The molecule has 2 N–H and O–H groups in total. The minimum atomic E-state index is -0.612. The van der Waals surface area contributed by atoms with Gasteiger partial charge in [0.1, 0.15) is 28.8 Å². The summed E-state index contributed by atoms with van der Waals surface area (Å²) >= 11 is 0. The van der Waals surface area contributed by atoms with Crippen LogP contribution in [0, 0.1) is 12.7 Å². The predicted molar refractivity (Wildman–Crippen MR) is 103 cm³/mol. The highest BCUT2D eigenvalue weighted by molar-refractivity contribution is 5.94. The fraction of sp³-hybridized carbons (Fsp3) is 0.238.